The van der Waals surface area contributed by atoms with Crippen molar-refractivity contribution in [1.82, 2.24) is 9.80 Å². The molecule has 0 aliphatic carbocycles. The van der Waals surface area contributed by atoms with E-state index in [1.807, 2.05) is 0 Å². The molecular weight excluding hydrogens is 440 g/mol. The fourth-order valence-corrected chi connectivity index (χ4v) is 3.77. The zero-order valence-electron chi connectivity index (χ0n) is 17.3. The SMILES string of the molecule is CCOC(=O)c1cc(-c2ccc(C=C3C(=O)N(CC)C(=S)N(CC)C3=O)o2)ccc1Cl. The Kier molecular flexibility index (Phi) is 6.92. The summed E-state index contributed by atoms with van der Waals surface area (Å²) in [6.07, 6.45) is 1.41. The maximum Gasteiger partial charge on any atom is 0.339 e. The van der Waals surface area contributed by atoms with Crippen molar-refractivity contribution in [1.29, 1.82) is 0 Å². The molecule has 0 unspecified atom stereocenters. The molecular formula is C22H21ClN2O5S. The predicted molar refractivity (Wildman–Crippen MR) is 120 cm³/mol. The third-order valence-corrected chi connectivity index (χ3v) is 5.48. The highest BCUT2D eigenvalue weighted by Crippen LogP contribution is 2.29. The van der Waals surface area contributed by atoms with Gasteiger partial charge in [-0.3, -0.25) is 19.4 Å². The first-order chi connectivity index (χ1) is 14.8. The van der Waals surface area contributed by atoms with Crippen molar-refractivity contribution in [2.24, 2.45) is 0 Å². The smallest absolute Gasteiger partial charge is 0.339 e. The van der Waals surface area contributed by atoms with E-state index in [4.69, 9.17) is 33.0 Å². The third-order valence-electron chi connectivity index (χ3n) is 4.70. The van der Waals surface area contributed by atoms with Crippen LogP contribution in [0.2, 0.25) is 5.02 Å². The number of hydrogen-bond acceptors (Lipinski definition) is 6. The van der Waals surface area contributed by atoms with Crippen LogP contribution < -0.4 is 0 Å². The fourth-order valence-electron chi connectivity index (χ4n) is 3.15. The summed E-state index contributed by atoms with van der Waals surface area (Å²) in [5.74, 6) is -0.691. The van der Waals surface area contributed by atoms with E-state index in [2.05, 4.69) is 0 Å². The molecule has 0 radical (unpaired) electrons. The van der Waals surface area contributed by atoms with Crippen LogP contribution in [0.1, 0.15) is 36.9 Å². The van der Waals surface area contributed by atoms with Crippen molar-refractivity contribution in [3.63, 3.8) is 0 Å². The minimum absolute atomic E-state index is 0.0264. The summed E-state index contributed by atoms with van der Waals surface area (Å²) in [6.45, 7) is 6.22. The predicted octanol–water partition coefficient (Wildman–Crippen LogP) is 4.16. The Morgan fingerprint density at radius 3 is 2.32 bits per heavy atom. The Balaban J connectivity index is 1.95. The lowest BCUT2D eigenvalue weighted by atomic mass is 10.1. The zero-order chi connectivity index (χ0) is 22.7. The molecule has 3 rings (SSSR count). The first-order valence-electron chi connectivity index (χ1n) is 9.78. The number of thiocarbonyl (C=S) groups is 1. The summed E-state index contributed by atoms with van der Waals surface area (Å²) < 4.78 is 10.8. The highest BCUT2D eigenvalue weighted by molar-refractivity contribution is 7.80. The maximum atomic E-state index is 12.8. The van der Waals surface area contributed by atoms with Gasteiger partial charge in [0.15, 0.2) is 5.11 Å². The van der Waals surface area contributed by atoms with Crippen LogP contribution in [0.4, 0.5) is 0 Å². The molecule has 9 heteroatoms. The second kappa shape index (κ2) is 9.45. The number of rotatable bonds is 6. The second-order valence-electron chi connectivity index (χ2n) is 6.56. The molecule has 162 valence electrons. The van der Waals surface area contributed by atoms with Crippen molar-refractivity contribution in [3.05, 3.63) is 52.3 Å². The number of hydrogen-bond donors (Lipinski definition) is 0. The first kappa shape index (κ1) is 22.7. The van der Waals surface area contributed by atoms with E-state index in [1.54, 1.807) is 51.1 Å². The molecule has 1 aromatic carbocycles. The van der Waals surface area contributed by atoms with Gasteiger partial charge in [0.25, 0.3) is 11.8 Å². The molecule has 0 atom stereocenters. The number of benzene rings is 1. The number of carbonyl (C=O) groups is 3. The van der Waals surface area contributed by atoms with E-state index < -0.39 is 17.8 Å². The topological polar surface area (TPSA) is 80.1 Å². The molecule has 1 aliphatic heterocycles. The van der Waals surface area contributed by atoms with Gasteiger partial charge in [0, 0.05) is 18.7 Å². The normalized spacial score (nSPS) is 14.3. The first-order valence-corrected chi connectivity index (χ1v) is 10.6. The van der Waals surface area contributed by atoms with Crippen molar-refractivity contribution < 1.29 is 23.5 Å². The van der Waals surface area contributed by atoms with Crippen LogP contribution in [0.3, 0.4) is 0 Å². The van der Waals surface area contributed by atoms with Crippen LogP contribution in [0.15, 0.2) is 40.3 Å². The van der Waals surface area contributed by atoms with Crippen LogP contribution in [-0.4, -0.2) is 52.4 Å². The number of esters is 1. The Morgan fingerprint density at radius 1 is 1.10 bits per heavy atom. The van der Waals surface area contributed by atoms with E-state index in [0.717, 1.165) is 0 Å². The van der Waals surface area contributed by atoms with Gasteiger partial charge < -0.3 is 9.15 Å². The Hall–Kier alpha value is -2.97. The number of halogens is 1. The molecule has 1 saturated heterocycles. The average Bonchev–Trinajstić information content (AvgIpc) is 3.21. The molecule has 2 amide bonds. The number of carbonyl (C=O) groups excluding carboxylic acids is 3. The number of likely N-dealkylation sites (N-methyl/N-ethyl adjacent to an activating group) is 2. The minimum atomic E-state index is -0.531. The Bertz CT molecular complexity index is 1060. The summed E-state index contributed by atoms with van der Waals surface area (Å²) >= 11 is 11.4. The van der Waals surface area contributed by atoms with E-state index in [1.165, 1.54) is 15.9 Å². The number of amides is 2. The maximum absolute atomic E-state index is 12.8. The number of furan rings is 1. The molecule has 7 nitrogen and oxygen atoms in total. The second-order valence-corrected chi connectivity index (χ2v) is 7.33. The van der Waals surface area contributed by atoms with Crippen LogP contribution in [0.5, 0.6) is 0 Å². The van der Waals surface area contributed by atoms with Crippen molar-refractivity contribution in [2.75, 3.05) is 19.7 Å². The third kappa shape index (κ3) is 4.40. The van der Waals surface area contributed by atoms with E-state index in [-0.39, 0.29) is 27.9 Å². The summed E-state index contributed by atoms with van der Waals surface area (Å²) in [5, 5.41) is 0.467. The van der Waals surface area contributed by atoms with Crippen LogP contribution in [-0.2, 0) is 14.3 Å². The van der Waals surface area contributed by atoms with E-state index >= 15 is 0 Å². The van der Waals surface area contributed by atoms with Gasteiger partial charge in [-0.2, -0.15) is 0 Å². The molecule has 2 aromatic rings. The molecule has 2 heterocycles. The van der Waals surface area contributed by atoms with E-state index in [0.29, 0.717) is 30.2 Å². The van der Waals surface area contributed by atoms with Gasteiger partial charge in [0.05, 0.1) is 17.2 Å². The van der Waals surface area contributed by atoms with Gasteiger partial charge in [0.1, 0.15) is 17.1 Å². The van der Waals surface area contributed by atoms with Crippen molar-refractivity contribution in [3.8, 4) is 11.3 Å². The summed E-state index contributed by atoms with van der Waals surface area (Å²) in [4.78, 5) is 40.4. The Labute approximate surface area is 190 Å². The van der Waals surface area contributed by atoms with Gasteiger partial charge in [-0.15, -0.1) is 0 Å². The quantitative estimate of drug-likeness (QED) is 0.279. The lowest BCUT2D eigenvalue weighted by Crippen LogP contribution is -2.55. The van der Waals surface area contributed by atoms with Crippen molar-refractivity contribution in [2.45, 2.75) is 20.8 Å². The largest absolute Gasteiger partial charge is 0.462 e. The molecule has 0 N–H and O–H groups in total. The summed E-state index contributed by atoms with van der Waals surface area (Å²) in [5.41, 5.74) is 0.798. The van der Waals surface area contributed by atoms with Gasteiger partial charge in [-0.1, -0.05) is 11.6 Å². The van der Waals surface area contributed by atoms with Crippen LogP contribution in [0.25, 0.3) is 17.4 Å². The highest BCUT2D eigenvalue weighted by atomic mass is 35.5. The molecule has 1 aromatic heterocycles. The molecule has 0 spiro atoms. The average molecular weight is 461 g/mol. The fraction of sp³-hybridized carbons (Fsp3) is 0.273. The van der Waals surface area contributed by atoms with Crippen LogP contribution >= 0.6 is 23.8 Å². The molecule has 1 aliphatic rings. The lowest BCUT2D eigenvalue weighted by molar-refractivity contribution is -0.133. The number of nitrogens with zero attached hydrogens (tertiary/aromatic N) is 2. The van der Waals surface area contributed by atoms with Gasteiger partial charge in [0.2, 0.25) is 0 Å². The standard InChI is InChI=1S/C22H21ClN2O5S/c1-4-24-19(26)16(20(27)25(5-2)22(24)31)12-14-8-10-18(30-14)13-7-9-17(23)15(11-13)21(28)29-6-3/h7-12H,4-6H2,1-3H3. The molecule has 0 saturated carbocycles. The summed E-state index contributed by atoms with van der Waals surface area (Å²) in [6, 6.07) is 8.18. The zero-order valence-corrected chi connectivity index (χ0v) is 18.9. The Morgan fingerprint density at radius 2 is 1.74 bits per heavy atom. The highest BCUT2D eigenvalue weighted by Gasteiger charge is 2.38. The molecule has 1 fully saturated rings. The van der Waals surface area contributed by atoms with E-state index in [9.17, 15) is 14.4 Å². The summed E-state index contributed by atoms with van der Waals surface area (Å²) in [7, 11) is 0. The number of ether oxygens (including phenoxy) is 1. The van der Waals surface area contributed by atoms with Gasteiger partial charge >= 0.3 is 5.97 Å². The monoisotopic (exact) mass is 460 g/mol. The lowest BCUT2D eigenvalue weighted by Gasteiger charge is -2.35. The van der Waals surface area contributed by atoms with Gasteiger partial charge in [-0.25, -0.2) is 4.79 Å². The molecule has 0 bridgehead atoms. The van der Waals surface area contributed by atoms with Gasteiger partial charge in [-0.05, 0) is 69.4 Å². The minimum Gasteiger partial charge on any atom is -0.462 e. The van der Waals surface area contributed by atoms with Crippen molar-refractivity contribution >= 4 is 52.8 Å². The molecule has 31 heavy (non-hydrogen) atoms. The van der Waals surface area contributed by atoms with Crippen LogP contribution in [0, 0.1) is 0 Å².